The number of ether oxygens (including phenoxy) is 2. The minimum absolute atomic E-state index is 0.0818. The van der Waals surface area contributed by atoms with Crippen molar-refractivity contribution in [3.63, 3.8) is 0 Å². The van der Waals surface area contributed by atoms with Crippen molar-refractivity contribution in [2.24, 2.45) is 23.0 Å². The Morgan fingerprint density at radius 2 is 1.61 bits per heavy atom. The van der Waals surface area contributed by atoms with Gasteiger partial charge >= 0.3 is 5.97 Å². The Morgan fingerprint density at radius 1 is 1.03 bits per heavy atom. The Bertz CT molecular complexity index is 890. The first kappa shape index (κ1) is 24.5. The third kappa shape index (κ3) is 3.99. The smallest absolute Gasteiger partial charge is 0.312 e. The Balaban J connectivity index is 1.49. The molecule has 2 bridgehead atoms. The zero-order valence-electron chi connectivity index (χ0n) is 21.6. The summed E-state index contributed by atoms with van der Waals surface area (Å²) in [5.74, 6) is 0.513. The third-order valence-electron chi connectivity index (χ3n) is 9.24. The number of carbonyl (C=O) groups is 1. The van der Waals surface area contributed by atoms with Gasteiger partial charge < -0.3 is 20.3 Å². The van der Waals surface area contributed by atoms with E-state index in [-0.39, 0.29) is 35.6 Å². The first-order valence-corrected chi connectivity index (χ1v) is 12.9. The van der Waals surface area contributed by atoms with Crippen molar-refractivity contribution in [2.75, 3.05) is 0 Å². The molecule has 4 aliphatic carbocycles. The second-order valence-electron chi connectivity index (χ2n) is 11.7. The van der Waals surface area contributed by atoms with E-state index in [0.29, 0.717) is 5.76 Å². The highest BCUT2D eigenvalue weighted by atomic mass is 16.6. The van der Waals surface area contributed by atoms with Crippen LogP contribution in [0, 0.1) is 17.3 Å². The number of nitrogens with two attached hydrogens (primary N) is 1. The largest absolute Gasteiger partial charge is 0.510 e. The van der Waals surface area contributed by atoms with E-state index in [9.17, 15) is 9.90 Å². The molecule has 3 unspecified atom stereocenters. The van der Waals surface area contributed by atoms with Crippen LogP contribution in [-0.2, 0) is 14.3 Å². The maximum atomic E-state index is 12.8. The number of hydrogen-bond acceptors (Lipinski definition) is 5. The molecule has 4 aliphatic rings. The fraction of sp³-hybridized carbons (Fsp3) is 0.750. The Labute approximate surface area is 199 Å². The lowest BCUT2D eigenvalue weighted by Gasteiger charge is -2.42. The van der Waals surface area contributed by atoms with Crippen LogP contribution in [0.5, 0.6) is 0 Å². The van der Waals surface area contributed by atoms with E-state index < -0.39 is 11.0 Å². The average molecular weight is 458 g/mol. The topological polar surface area (TPSA) is 81.8 Å². The molecule has 184 valence electrons. The van der Waals surface area contributed by atoms with E-state index in [1.165, 1.54) is 22.3 Å². The van der Waals surface area contributed by atoms with Crippen LogP contribution in [0.2, 0.25) is 0 Å². The molecule has 4 rings (SSSR count). The molecule has 0 saturated heterocycles. The van der Waals surface area contributed by atoms with E-state index in [1.807, 2.05) is 26.8 Å². The van der Waals surface area contributed by atoms with Crippen LogP contribution in [0.15, 0.2) is 34.1 Å². The summed E-state index contributed by atoms with van der Waals surface area (Å²) in [6, 6.07) is 0. The molecule has 0 aromatic carbocycles. The highest BCUT2D eigenvalue weighted by Crippen LogP contribution is 2.64. The minimum atomic E-state index is -0.482. The summed E-state index contributed by atoms with van der Waals surface area (Å²) in [4.78, 5) is 12.8. The van der Waals surface area contributed by atoms with Crippen LogP contribution in [0.3, 0.4) is 0 Å². The van der Waals surface area contributed by atoms with E-state index in [4.69, 9.17) is 15.2 Å². The molecular formula is C28H43NO4. The first-order chi connectivity index (χ1) is 15.4. The second kappa shape index (κ2) is 8.27. The summed E-state index contributed by atoms with van der Waals surface area (Å²) >= 11 is 0. The molecule has 0 spiro atoms. The van der Waals surface area contributed by atoms with Crippen molar-refractivity contribution in [2.45, 2.75) is 117 Å². The molecule has 2 fully saturated rings. The Kier molecular flexibility index (Phi) is 6.14. The summed E-state index contributed by atoms with van der Waals surface area (Å²) in [5, 5.41) is 10.8. The quantitative estimate of drug-likeness (QED) is 0.421. The van der Waals surface area contributed by atoms with Crippen LogP contribution in [-0.4, -0.2) is 34.4 Å². The van der Waals surface area contributed by atoms with Crippen molar-refractivity contribution in [1.82, 2.24) is 0 Å². The number of aliphatic hydroxyl groups excluding tert-OH is 1. The fourth-order valence-electron chi connectivity index (χ4n) is 6.06. The van der Waals surface area contributed by atoms with Crippen molar-refractivity contribution in [3.05, 3.63) is 34.1 Å². The van der Waals surface area contributed by atoms with Crippen LogP contribution in [0.4, 0.5) is 0 Å². The molecule has 3 atom stereocenters. The Morgan fingerprint density at radius 3 is 2.09 bits per heavy atom. The van der Waals surface area contributed by atoms with Gasteiger partial charge in [-0.1, -0.05) is 31.9 Å². The van der Waals surface area contributed by atoms with Gasteiger partial charge in [-0.05, 0) is 84.6 Å². The predicted octanol–water partition coefficient (Wildman–Crippen LogP) is 5.90. The van der Waals surface area contributed by atoms with Gasteiger partial charge in [0.25, 0.3) is 0 Å². The van der Waals surface area contributed by atoms with Gasteiger partial charge in [0.1, 0.15) is 11.9 Å². The zero-order chi connectivity index (χ0) is 24.3. The van der Waals surface area contributed by atoms with Crippen LogP contribution >= 0.6 is 0 Å². The van der Waals surface area contributed by atoms with Gasteiger partial charge in [0.2, 0.25) is 0 Å². The summed E-state index contributed by atoms with van der Waals surface area (Å²) in [6.45, 7) is 14.5. The second-order valence-corrected chi connectivity index (χ2v) is 11.7. The molecule has 3 N–H and O–H groups in total. The molecule has 5 heteroatoms. The molecule has 0 aliphatic heterocycles. The van der Waals surface area contributed by atoms with Gasteiger partial charge in [-0.3, -0.25) is 4.79 Å². The van der Waals surface area contributed by atoms with E-state index in [1.54, 1.807) is 0 Å². The summed E-state index contributed by atoms with van der Waals surface area (Å²) in [6.07, 6.45) is 7.72. The summed E-state index contributed by atoms with van der Waals surface area (Å²) in [5.41, 5.74) is 11.1. The molecule has 0 aromatic rings. The monoisotopic (exact) mass is 457 g/mol. The van der Waals surface area contributed by atoms with Crippen molar-refractivity contribution >= 4 is 5.97 Å². The minimum Gasteiger partial charge on any atom is -0.510 e. The van der Waals surface area contributed by atoms with Gasteiger partial charge in [-0.15, -0.1) is 0 Å². The number of carbonyl (C=O) groups excluding carboxylic acids is 1. The SMILES string of the molecule is CCC(C)(C)OC1CCC(C(C)(N)C2C3=C4C(=C2CC3)C4OC(=O)C(C)(CC)CC)C=C1O. The third-order valence-corrected chi connectivity index (χ3v) is 9.24. The van der Waals surface area contributed by atoms with Gasteiger partial charge in [-0.2, -0.15) is 0 Å². The van der Waals surface area contributed by atoms with Crippen LogP contribution < -0.4 is 5.73 Å². The number of rotatable bonds is 9. The molecule has 5 nitrogen and oxygen atoms in total. The molecule has 0 aromatic heterocycles. The van der Waals surface area contributed by atoms with E-state index in [2.05, 4.69) is 27.7 Å². The van der Waals surface area contributed by atoms with E-state index >= 15 is 0 Å². The van der Waals surface area contributed by atoms with Crippen LogP contribution in [0.1, 0.15) is 93.4 Å². The lowest BCUT2D eigenvalue weighted by atomic mass is 9.69. The van der Waals surface area contributed by atoms with Gasteiger partial charge in [-0.25, -0.2) is 0 Å². The van der Waals surface area contributed by atoms with Gasteiger partial charge in [0.05, 0.1) is 11.0 Å². The lowest BCUT2D eigenvalue weighted by Crippen LogP contribution is -2.51. The standard InChI is InChI=1S/C28H43NO4/c1-8-26(4,5)33-20-14-11-16(15-19(20)30)28(7,29)23-17-12-13-18(23)22-21(17)24(22)32-25(31)27(6,9-2)10-3/h15-16,20,23-24,30H,8-14,29H2,1-7H3. The van der Waals surface area contributed by atoms with Crippen LogP contribution in [0.25, 0.3) is 0 Å². The first-order valence-electron chi connectivity index (χ1n) is 12.9. The van der Waals surface area contributed by atoms with Crippen molar-refractivity contribution < 1.29 is 19.4 Å². The Hall–Kier alpha value is -1.59. The fourth-order valence-corrected chi connectivity index (χ4v) is 6.06. The molecule has 0 heterocycles. The number of aliphatic hydroxyl groups is 1. The summed E-state index contributed by atoms with van der Waals surface area (Å²) < 4.78 is 12.2. The van der Waals surface area contributed by atoms with Crippen molar-refractivity contribution in [1.29, 1.82) is 0 Å². The lowest BCUT2D eigenvalue weighted by molar-refractivity contribution is -0.155. The highest BCUT2D eigenvalue weighted by Gasteiger charge is 2.60. The predicted molar refractivity (Wildman–Crippen MR) is 131 cm³/mol. The number of fused-ring (bicyclic) bond motifs is 3. The van der Waals surface area contributed by atoms with Gasteiger partial charge in [0.15, 0.2) is 6.10 Å². The number of hydrogen-bond donors (Lipinski definition) is 2. The zero-order valence-corrected chi connectivity index (χ0v) is 21.6. The summed E-state index contributed by atoms with van der Waals surface area (Å²) in [7, 11) is 0. The van der Waals surface area contributed by atoms with Gasteiger partial charge in [0, 0.05) is 22.6 Å². The highest BCUT2D eigenvalue weighted by molar-refractivity contribution is 5.81. The molecule has 2 saturated carbocycles. The normalized spacial score (nSPS) is 27.6. The maximum absolute atomic E-state index is 12.8. The average Bonchev–Trinajstić information content (AvgIpc) is 3.18. The van der Waals surface area contributed by atoms with Crippen molar-refractivity contribution in [3.8, 4) is 0 Å². The molecular weight excluding hydrogens is 414 g/mol. The molecule has 0 amide bonds. The molecule has 0 radical (unpaired) electrons. The molecule has 33 heavy (non-hydrogen) atoms. The number of esters is 1. The van der Waals surface area contributed by atoms with E-state index in [0.717, 1.165) is 44.9 Å². The maximum Gasteiger partial charge on any atom is 0.312 e.